The van der Waals surface area contributed by atoms with E-state index in [4.69, 9.17) is 4.52 Å². The Morgan fingerprint density at radius 3 is 2.74 bits per heavy atom. The number of carbonyl (C=O) groups excluding carboxylic acids is 1. The number of carbonyl (C=O) groups is 1. The summed E-state index contributed by atoms with van der Waals surface area (Å²) in [7, 11) is 0. The van der Waals surface area contributed by atoms with Gasteiger partial charge in [-0.05, 0) is 24.1 Å². The van der Waals surface area contributed by atoms with E-state index in [9.17, 15) is 4.79 Å². The van der Waals surface area contributed by atoms with Gasteiger partial charge in [-0.2, -0.15) is 4.98 Å². The van der Waals surface area contributed by atoms with Crippen LogP contribution in [0.25, 0.3) is 11.5 Å². The summed E-state index contributed by atoms with van der Waals surface area (Å²) in [4.78, 5) is 22.1. The molecule has 0 N–H and O–H groups in total. The van der Waals surface area contributed by atoms with Gasteiger partial charge in [-0.3, -0.25) is 9.78 Å². The zero-order chi connectivity index (χ0) is 18.7. The van der Waals surface area contributed by atoms with E-state index < -0.39 is 5.67 Å². The predicted molar refractivity (Wildman–Crippen MR) is 96.3 cm³/mol. The minimum absolute atomic E-state index is 0.00679. The monoisotopic (exact) mass is 366 g/mol. The van der Waals surface area contributed by atoms with Crippen LogP contribution in [0.1, 0.15) is 24.2 Å². The van der Waals surface area contributed by atoms with Crippen LogP contribution >= 0.6 is 0 Å². The molecule has 0 spiro atoms. The molecule has 4 rings (SSSR count). The highest BCUT2D eigenvalue weighted by atomic mass is 19.1. The Labute approximate surface area is 156 Å². The van der Waals surface area contributed by atoms with Crippen LogP contribution < -0.4 is 0 Å². The number of hydrogen-bond donors (Lipinski definition) is 0. The number of alkyl halides is 1. The molecule has 1 amide bonds. The second-order valence-corrected chi connectivity index (χ2v) is 6.68. The molecule has 3 aromatic rings. The molecule has 7 heteroatoms. The molecule has 138 valence electrons. The molecule has 1 aliphatic heterocycles. The van der Waals surface area contributed by atoms with Crippen molar-refractivity contribution < 1.29 is 13.7 Å². The summed E-state index contributed by atoms with van der Waals surface area (Å²) in [5.74, 6) is 0.183. The largest absolute Gasteiger partial charge is 0.339 e. The topological polar surface area (TPSA) is 72.1 Å². The van der Waals surface area contributed by atoms with Crippen molar-refractivity contribution in [3.05, 3.63) is 66.2 Å². The van der Waals surface area contributed by atoms with Crippen LogP contribution in [0.5, 0.6) is 0 Å². The normalized spacial score (nSPS) is 19.4. The molecule has 1 fully saturated rings. The van der Waals surface area contributed by atoms with Crippen molar-refractivity contribution in [3.8, 4) is 11.5 Å². The van der Waals surface area contributed by atoms with Crippen LogP contribution in [-0.4, -0.2) is 39.0 Å². The molecule has 27 heavy (non-hydrogen) atoms. The second-order valence-electron chi connectivity index (χ2n) is 6.68. The summed E-state index contributed by atoms with van der Waals surface area (Å²) in [5, 5.41) is 3.81. The molecule has 1 aliphatic rings. The maximum absolute atomic E-state index is 15.4. The van der Waals surface area contributed by atoms with Gasteiger partial charge >= 0.3 is 0 Å². The van der Waals surface area contributed by atoms with E-state index in [0.29, 0.717) is 24.9 Å². The summed E-state index contributed by atoms with van der Waals surface area (Å²) in [6.07, 6.45) is 4.37. The van der Waals surface area contributed by atoms with Gasteiger partial charge in [-0.25, -0.2) is 4.39 Å². The Hall–Kier alpha value is -3.09. The average molecular weight is 366 g/mol. The fraction of sp³-hybridized carbons (Fsp3) is 0.300. The third-order valence-electron chi connectivity index (χ3n) is 4.80. The van der Waals surface area contributed by atoms with Crippen molar-refractivity contribution in [3.63, 3.8) is 0 Å². The zero-order valence-corrected chi connectivity index (χ0v) is 14.7. The van der Waals surface area contributed by atoms with Crippen LogP contribution in [0.15, 0.2) is 59.4 Å². The van der Waals surface area contributed by atoms with Crippen molar-refractivity contribution in [1.82, 2.24) is 20.0 Å². The predicted octanol–water partition coefficient (Wildman–Crippen LogP) is 3.16. The first-order chi connectivity index (χ1) is 13.1. The number of nitrogens with zero attached hydrogens (tertiary/aromatic N) is 4. The quantitative estimate of drug-likeness (QED) is 0.694. The second kappa shape index (κ2) is 7.26. The SMILES string of the molecule is O=C(CCc1ccccc1)N1CCC(F)(c2noc(-c3ccncc3)n2)C1. The standard InChI is InChI=1S/C20H19FN4O2/c21-20(19-23-18(27-24-19)16-8-11-22-12-9-16)10-13-25(14-20)17(26)7-6-15-4-2-1-3-5-15/h1-5,8-9,11-12H,6-7,10,13-14H2. The van der Waals surface area contributed by atoms with Gasteiger partial charge in [0.1, 0.15) is 0 Å². The zero-order valence-electron chi connectivity index (χ0n) is 14.7. The molecule has 0 bridgehead atoms. The van der Waals surface area contributed by atoms with E-state index in [1.54, 1.807) is 29.4 Å². The van der Waals surface area contributed by atoms with Gasteiger partial charge in [0, 0.05) is 37.3 Å². The molecule has 2 aromatic heterocycles. The van der Waals surface area contributed by atoms with Gasteiger partial charge in [0.25, 0.3) is 5.89 Å². The summed E-state index contributed by atoms with van der Waals surface area (Å²) in [6.45, 7) is 0.305. The van der Waals surface area contributed by atoms with Crippen LogP contribution in [0.4, 0.5) is 4.39 Å². The van der Waals surface area contributed by atoms with E-state index >= 15 is 4.39 Å². The third kappa shape index (κ3) is 3.72. The lowest BCUT2D eigenvalue weighted by molar-refractivity contribution is -0.130. The van der Waals surface area contributed by atoms with Crippen LogP contribution in [0.2, 0.25) is 0 Å². The van der Waals surface area contributed by atoms with Crippen molar-refractivity contribution in [2.75, 3.05) is 13.1 Å². The van der Waals surface area contributed by atoms with Crippen LogP contribution in [0, 0.1) is 0 Å². The molecule has 6 nitrogen and oxygen atoms in total. The lowest BCUT2D eigenvalue weighted by atomic mass is 10.1. The maximum Gasteiger partial charge on any atom is 0.258 e. The third-order valence-corrected chi connectivity index (χ3v) is 4.80. The highest BCUT2D eigenvalue weighted by Crippen LogP contribution is 2.35. The van der Waals surface area contributed by atoms with E-state index in [1.165, 1.54) is 0 Å². The minimum atomic E-state index is -1.78. The fourth-order valence-electron chi connectivity index (χ4n) is 3.24. The first kappa shape index (κ1) is 17.3. The Morgan fingerprint density at radius 2 is 1.96 bits per heavy atom. The lowest BCUT2D eigenvalue weighted by Crippen LogP contribution is -2.32. The van der Waals surface area contributed by atoms with Gasteiger partial charge < -0.3 is 9.42 Å². The van der Waals surface area contributed by atoms with Crippen molar-refractivity contribution in [2.24, 2.45) is 0 Å². The Morgan fingerprint density at radius 1 is 1.19 bits per heavy atom. The van der Waals surface area contributed by atoms with Gasteiger partial charge in [0.2, 0.25) is 11.7 Å². The van der Waals surface area contributed by atoms with Gasteiger partial charge in [-0.15, -0.1) is 0 Å². The summed E-state index contributed by atoms with van der Waals surface area (Å²) in [6, 6.07) is 13.2. The Balaban J connectivity index is 1.40. The molecule has 3 heterocycles. The van der Waals surface area contributed by atoms with E-state index in [0.717, 1.165) is 5.56 Å². The van der Waals surface area contributed by atoms with Gasteiger partial charge in [-0.1, -0.05) is 35.5 Å². The number of rotatable bonds is 5. The summed E-state index contributed by atoms with van der Waals surface area (Å²) < 4.78 is 20.6. The average Bonchev–Trinajstić information content (AvgIpc) is 3.36. The highest BCUT2D eigenvalue weighted by molar-refractivity contribution is 5.77. The first-order valence-electron chi connectivity index (χ1n) is 8.89. The lowest BCUT2D eigenvalue weighted by Gasteiger charge is -2.18. The molecule has 1 atom stereocenters. The van der Waals surface area contributed by atoms with E-state index in [2.05, 4.69) is 15.1 Å². The van der Waals surface area contributed by atoms with Gasteiger partial charge in [0.15, 0.2) is 5.67 Å². The minimum Gasteiger partial charge on any atom is -0.339 e. The van der Waals surface area contributed by atoms with E-state index in [1.807, 2.05) is 30.3 Å². The van der Waals surface area contributed by atoms with Gasteiger partial charge in [0.05, 0.1) is 6.54 Å². The first-order valence-corrected chi connectivity index (χ1v) is 8.89. The van der Waals surface area contributed by atoms with Crippen LogP contribution in [0.3, 0.4) is 0 Å². The summed E-state index contributed by atoms with van der Waals surface area (Å²) in [5.41, 5.74) is -0.00477. The molecular weight excluding hydrogens is 347 g/mol. The number of aromatic nitrogens is 3. The summed E-state index contributed by atoms with van der Waals surface area (Å²) >= 11 is 0. The molecule has 0 saturated carbocycles. The van der Waals surface area contributed by atoms with Crippen LogP contribution in [-0.2, 0) is 16.9 Å². The molecule has 1 saturated heterocycles. The molecule has 1 unspecified atom stereocenters. The van der Waals surface area contributed by atoms with Crippen molar-refractivity contribution >= 4 is 5.91 Å². The highest BCUT2D eigenvalue weighted by Gasteiger charge is 2.45. The molecule has 0 aliphatic carbocycles. The number of hydrogen-bond acceptors (Lipinski definition) is 5. The number of likely N-dealkylation sites (tertiary alicyclic amines) is 1. The molecular formula is C20H19FN4O2. The smallest absolute Gasteiger partial charge is 0.258 e. The number of amides is 1. The van der Waals surface area contributed by atoms with Crippen molar-refractivity contribution in [2.45, 2.75) is 24.9 Å². The fourth-order valence-corrected chi connectivity index (χ4v) is 3.24. The van der Waals surface area contributed by atoms with E-state index in [-0.39, 0.29) is 30.6 Å². The number of benzene rings is 1. The van der Waals surface area contributed by atoms with Crippen molar-refractivity contribution in [1.29, 1.82) is 0 Å². The molecule has 1 aromatic carbocycles. The Bertz CT molecular complexity index is 916. The number of halogens is 1. The number of pyridine rings is 1. The maximum atomic E-state index is 15.4. The Kier molecular flexibility index (Phi) is 4.66. The molecule has 0 radical (unpaired) electrons. The number of aryl methyl sites for hydroxylation is 1.